The minimum Gasteiger partial charge on any atom is -0.354 e. The van der Waals surface area contributed by atoms with Crippen LogP contribution in [0.5, 0.6) is 0 Å². The number of fused-ring (bicyclic) bond motifs is 1. The molecule has 0 bridgehead atoms. The van der Waals surface area contributed by atoms with Gasteiger partial charge in [-0.3, -0.25) is 4.79 Å². The molecule has 1 aliphatic heterocycles. The number of benzene rings is 2. The predicted molar refractivity (Wildman–Crippen MR) is 132 cm³/mol. The predicted octanol–water partition coefficient (Wildman–Crippen LogP) is 4.78. The van der Waals surface area contributed by atoms with Gasteiger partial charge in [-0.1, -0.05) is 37.1 Å². The van der Waals surface area contributed by atoms with Crippen LogP contribution in [0, 0.1) is 0 Å². The Labute approximate surface area is 200 Å². The summed E-state index contributed by atoms with van der Waals surface area (Å²) in [6, 6.07) is 14.3. The maximum absolute atomic E-state index is 13.0. The van der Waals surface area contributed by atoms with E-state index in [1.807, 2.05) is 54.1 Å². The molecule has 0 saturated carbocycles. The van der Waals surface area contributed by atoms with Crippen LogP contribution in [-0.2, 0) is 21.2 Å². The van der Waals surface area contributed by atoms with E-state index in [9.17, 15) is 13.2 Å². The lowest BCUT2D eigenvalue weighted by Crippen LogP contribution is -2.35. The van der Waals surface area contributed by atoms with E-state index in [0.29, 0.717) is 36.0 Å². The first-order valence-corrected chi connectivity index (χ1v) is 13.3. The van der Waals surface area contributed by atoms with Gasteiger partial charge in [0.15, 0.2) is 0 Å². The van der Waals surface area contributed by atoms with Crippen molar-refractivity contribution < 1.29 is 13.2 Å². The number of nitrogens with one attached hydrogen (secondary N) is 1. The molecule has 1 aromatic heterocycles. The summed E-state index contributed by atoms with van der Waals surface area (Å²) in [5, 5.41) is 4.55. The van der Waals surface area contributed by atoms with E-state index in [1.54, 1.807) is 16.4 Å². The molecular formula is C25H30ClN3O3S. The van der Waals surface area contributed by atoms with Crippen molar-refractivity contribution in [3.05, 3.63) is 65.3 Å². The molecule has 1 amide bonds. The molecule has 33 heavy (non-hydrogen) atoms. The number of halogens is 1. The summed E-state index contributed by atoms with van der Waals surface area (Å²) >= 11 is 5.93. The van der Waals surface area contributed by atoms with Crippen LogP contribution >= 0.6 is 11.6 Å². The largest absolute Gasteiger partial charge is 0.354 e. The number of amides is 1. The third kappa shape index (κ3) is 5.26. The highest BCUT2D eigenvalue weighted by Crippen LogP contribution is 2.27. The minimum absolute atomic E-state index is 0.0472. The second kappa shape index (κ2) is 10.3. The van der Waals surface area contributed by atoms with Crippen molar-refractivity contribution in [1.29, 1.82) is 0 Å². The lowest BCUT2D eigenvalue weighted by atomic mass is 10.1. The first kappa shape index (κ1) is 23.8. The van der Waals surface area contributed by atoms with E-state index in [2.05, 4.69) is 5.32 Å². The highest BCUT2D eigenvalue weighted by Gasteiger charge is 2.27. The number of rotatable bonds is 8. The van der Waals surface area contributed by atoms with E-state index >= 15 is 0 Å². The second-order valence-electron chi connectivity index (χ2n) is 8.50. The molecule has 0 radical (unpaired) electrons. The van der Waals surface area contributed by atoms with Crippen molar-refractivity contribution in [1.82, 2.24) is 14.2 Å². The Morgan fingerprint density at radius 2 is 1.79 bits per heavy atom. The molecule has 4 rings (SSSR count). The van der Waals surface area contributed by atoms with Gasteiger partial charge in [0.1, 0.15) is 6.04 Å². The smallest absolute Gasteiger partial charge is 0.243 e. The topological polar surface area (TPSA) is 71.4 Å². The molecule has 6 nitrogen and oxygen atoms in total. The first-order valence-electron chi connectivity index (χ1n) is 11.5. The molecule has 1 aliphatic rings. The molecular weight excluding hydrogens is 458 g/mol. The SMILES string of the molecule is CC[C@@H](C(=O)NCCc1ccc(Cl)cc1)n1ccc2cc(S(=O)(=O)N3CCCCC3)ccc21. The lowest BCUT2D eigenvalue weighted by molar-refractivity contribution is -0.124. The van der Waals surface area contributed by atoms with Crippen LogP contribution in [0.1, 0.15) is 44.2 Å². The van der Waals surface area contributed by atoms with Gasteiger partial charge in [-0.15, -0.1) is 0 Å². The summed E-state index contributed by atoms with van der Waals surface area (Å²) in [7, 11) is -3.49. The van der Waals surface area contributed by atoms with E-state index < -0.39 is 10.0 Å². The molecule has 0 aliphatic carbocycles. The number of carbonyl (C=O) groups is 1. The molecule has 8 heteroatoms. The summed E-state index contributed by atoms with van der Waals surface area (Å²) in [6.07, 6.45) is 6.11. The monoisotopic (exact) mass is 487 g/mol. The fourth-order valence-corrected chi connectivity index (χ4v) is 6.11. The Morgan fingerprint density at radius 3 is 2.48 bits per heavy atom. The number of hydrogen-bond acceptors (Lipinski definition) is 3. The van der Waals surface area contributed by atoms with Crippen molar-refractivity contribution in [3.63, 3.8) is 0 Å². The Kier molecular flexibility index (Phi) is 7.41. The summed E-state index contributed by atoms with van der Waals surface area (Å²) < 4.78 is 29.6. The molecule has 3 aromatic rings. The van der Waals surface area contributed by atoms with E-state index in [-0.39, 0.29) is 11.9 Å². The van der Waals surface area contributed by atoms with Crippen LogP contribution in [0.2, 0.25) is 5.02 Å². The van der Waals surface area contributed by atoms with Crippen LogP contribution in [-0.4, -0.2) is 42.8 Å². The molecule has 2 aromatic carbocycles. The van der Waals surface area contributed by atoms with Crippen molar-refractivity contribution in [3.8, 4) is 0 Å². The fraction of sp³-hybridized carbons (Fsp3) is 0.400. The van der Waals surface area contributed by atoms with Gasteiger partial charge in [0.05, 0.1) is 4.90 Å². The Morgan fingerprint density at radius 1 is 1.06 bits per heavy atom. The summed E-state index contributed by atoms with van der Waals surface area (Å²) in [5.41, 5.74) is 1.97. The zero-order valence-corrected chi connectivity index (χ0v) is 20.4. The lowest BCUT2D eigenvalue weighted by Gasteiger charge is -2.26. The number of aromatic nitrogens is 1. The van der Waals surface area contributed by atoms with E-state index in [1.165, 1.54) is 0 Å². The normalized spacial score (nSPS) is 16.1. The zero-order valence-electron chi connectivity index (χ0n) is 18.8. The Balaban J connectivity index is 1.48. The first-order chi connectivity index (χ1) is 15.9. The summed E-state index contributed by atoms with van der Waals surface area (Å²) in [5.74, 6) is -0.0472. The number of carbonyl (C=O) groups excluding carboxylic acids is 1. The highest BCUT2D eigenvalue weighted by atomic mass is 35.5. The van der Waals surface area contributed by atoms with Gasteiger partial charge in [0.25, 0.3) is 0 Å². The van der Waals surface area contributed by atoms with Gasteiger partial charge in [0, 0.05) is 41.8 Å². The van der Waals surface area contributed by atoms with E-state index in [0.717, 1.165) is 42.1 Å². The van der Waals surface area contributed by atoms with Gasteiger partial charge in [-0.05, 0) is 67.6 Å². The van der Waals surface area contributed by atoms with Gasteiger partial charge >= 0.3 is 0 Å². The van der Waals surface area contributed by atoms with Gasteiger partial charge in [-0.25, -0.2) is 8.42 Å². The third-order valence-corrected chi connectivity index (χ3v) is 8.44. The van der Waals surface area contributed by atoms with Crippen molar-refractivity contribution in [2.75, 3.05) is 19.6 Å². The minimum atomic E-state index is -3.49. The Bertz CT molecular complexity index is 1220. The van der Waals surface area contributed by atoms with E-state index in [4.69, 9.17) is 11.6 Å². The summed E-state index contributed by atoms with van der Waals surface area (Å²) in [6.45, 7) is 3.67. The van der Waals surface area contributed by atoms with Crippen LogP contribution in [0.25, 0.3) is 10.9 Å². The maximum Gasteiger partial charge on any atom is 0.243 e. The fourth-order valence-electron chi connectivity index (χ4n) is 4.44. The van der Waals surface area contributed by atoms with Gasteiger partial charge in [-0.2, -0.15) is 4.31 Å². The number of sulfonamides is 1. The summed E-state index contributed by atoms with van der Waals surface area (Å²) in [4.78, 5) is 13.3. The highest BCUT2D eigenvalue weighted by molar-refractivity contribution is 7.89. The number of nitrogens with zero attached hydrogens (tertiary/aromatic N) is 2. The van der Waals surface area contributed by atoms with Crippen LogP contribution in [0.4, 0.5) is 0 Å². The average Bonchev–Trinajstić information content (AvgIpc) is 3.24. The third-order valence-electron chi connectivity index (χ3n) is 6.30. The molecule has 0 spiro atoms. The zero-order chi connectivity index (χ0) is 23.4. The molecule has 1 N–H and O–H groups in total. The van der Waals surface area contributed by atoms with Gasteiger partial charge < -0.3 is 9.88 Å². The quantitative estimate of drug-likeness (QED) is 0.497. The molecule has 2 heterocycles. The average molecular weight is 488 g/mol. The Hall–Kier alpha value is -2.35. The van der Waals surface area contributed by atoms with Crippen LogP contribution in [0.15, 0.2) is 59.6 Å². The molecule has 0 unspecified atom stereocenters. The molecule has 1 fully saturated rings. The van der Waals surface area contributed by atoms with Gasteiger partial charge in [0.2, 0.25) is 15.9 Å². The van der Waals surface area contributed by atoms with Crippen LogP contribution < -0.4 is 5.32 Å². The number of hydrogen-bond donors (Lipinski definition) is 1. The second-order valence-corrected chi connectivity index (χ2v) is 10.9. The number of piperidine rings is 1. The molecule has 1 saturated heterocycles. The molecule has 176 valence electrons. The van der Waals surface area contributed by atoms with Crippen molar-refractivity contribution in [2.45, 2.75) is 50.0 Å². The van der Waals surface area contributed by atoms with Crippen molar-refractivity contribution >= 4 is 38.4 Å². The maximum atomic E-state index is 13.0. The standard InChI is InChI=1S/C25H30ClN3O3S/c1-2-23(25(30)27-14-12-19-6-8-21(26)9-7-19)29-17-13-20-18-22(10-11-24(20)29)33(31,32)28-15-4-3-5-16-28/h6-11,13,17-18,23H,2-5,12,14-16H2,1H3,(H,27,30)/t23-/m0/s1. The van der Waals surface area contributed by atoms with Crippen LogP contribution in [0.3, 0.4) is 0 Å². The van der Waals surface area contributed by atoms with Crippen molar-refractivity contribution in [2.24, 2.45) is 0 Å². The molecule has 1 atom stereocenters.